The molecule has 0 amide bonds. The smallest absolute Gasteiger partial charge is 0.191 e. The Labute approximate surface area is 141 Å². The van der Waals surface area contributed by atoms with Gasteiger partial charge in [0, 0.05) is 51.4 Å². The SMILES string of the molecule is CCN(CCNC(=NC)NCC(C)(C)N1CCOCC1)C1CC1. The van der Waals surface area contributed by atoms with E-state index in [1.807, 2.05) is 7.05 Å². The fraction of sp³-hybridized carbons (Fsp3) is 0.941. The summed E-state index contributed by atoms with van der Waals surface area (Å²) in [6.07, 6.45) is 2.74. The Hall–Kier alpha value is -0.850. The molecule has 2 aliphatic rings. The number of aliphatic imine (C=N–C) groups is 1. The van der Waals surface area contributed by atoms with Crippen molar-refractivity contribution in [3.8, 4) is 0 Å². The van der Waals surface area contributed by atoms with Crippen molar-refractivity contribution in [3.63, 3.8) is 0 Å². The van der Waals surface area contributed by atoms with Crippen molar-refractivity contribution < 1.29 is 4.74 Å². The number of morpholine rings is 1. The van der Waals surface area contributed by atoms with E-state index in [2.05, 4.69) is 46.2 Å². The van der Waals surface area contributed by atoms with E-state index in [-0.39, 0.29) is 5.54 Å². The van der Waals surface area contributed by atoms with Gasteiger partial charge in [-0.1, -0.05) is 6.92 Å². The maximum Gasteiger partial charge on any atom is 0.191 e. The van der Waals surface area contributed by atoms with Crippen LogP contribution in [0.5, 0.6) is 0 Å². The third-order valence-electron chi connectivity index (χ3n) is 4.94. The summed E-state index contributed by atoms with van der Waals surface area (Å²) < 4.78 is 5.45. The molecule has 1 aliphatic heterocycles. The second-order valence-corrected chi connectivity index (χ2v) is 7.12. The zero-order valence-electron chi connectivity index (χ0n) is 15.4. The summed E-state index contributed by atoms with van der Waals surface area (Å²) in [7, 11) is 1.84. The predicted molar refractivity (Wildman–Crippen MR) is 96.1 cm³/mol. The van der Waals surface area contributed by atoms with Crippen LogP contribution in [0, 0.1) is 0 Å². The van der Waals surface area contributed by atoms with Gasteiger partial charge in [0.25, 0.3) is 0 Å². The second-order valence-electron chi connectivity index (χ2n) is 7.12. The van der Waals surface area contributed by atoms with Crippen LogP contribution >= 0.6 is 0 Å². The zero-order valence-corrected chi connectivity index (χ0v) is 15.4. The first-order valence-electron chi connectivity index (χ1n) is 9.08. The summed E-state index contributed by atoms with van der Waals surface area (Å²) >= 11 is 0. The Bertz CT molecular complexity index is 375. The Balaban J connectivity index is 1.69. The molecule has 0 aromatic carbocycles. The first-order chi connectivity index (χ1) is 11.1. The van der Waals surface area contributed by atoms with Crippen LogP contribution in [-0.4, -0.2) is 86.9 Å². The molecule has 6 heteroatoms. The maximum absolute atomic E-state index is 5.45. The minimum Gasteiger partial charge on any atom is -0.379 e. The fourth-order valence-electron chi connectivity index (χ4n) is 3.16. The lowest BCUT2D eigenvalue weighted by atomic mass is 10.0. The lowest BCUT2D eigenvalue weighted by Gasteiger charge is -2.41. The topological polar surface area (TPSA) is 52.1 Å². The van der Waals surface area contributed by atoms with Crippen molar-refractivity contribution in [2.24, 2.45) is 4.99 Å². The summed E-state index contributed by atoms with van der Waals surface area (Å²) in [5.41, 5.74) is 0.102. The number of hydrogen-bond acceptors (Lipinski definition) is 4. The quantitative estimate of drug-likeness (QED) is 0.509. The molecule has 0 aromatic rings. The van der Waals surface area contributed by atoms with E-state index in [0.717, 1.165) is 64.5 Å². The number of hydrogen-bond donors (Lipinski definition) is 2. The van der Waals surface area contributed by atoms with Crippen molar-refractivity contribution in [3.05, 3.63) is 0 Å². The lowest BCUT2D eigenvalue weighted by Crippen LogP contribution is -2.56. The highest BCUT2D eigenvalue weighted by Gasteiger charge is 2.29. The highest BCUT2D eigenvalue weighted by Crippen LogP contribution is 2.25. The second kappa shape index (κ2) is 8.85. The summed E-state index contributed by atoms with van der Waals surface area (Å²) in [5, 5.41) is 6.93. The number of nitrogens with one attached hydrogen (secondary N) is 2. The van der Waals surface area contributed by atoms with Gasteiger partial charge in [0.15, 0.2) is 5.96 Å². The molecule has 23 heavy (non-hydrogen) atoms. The third kappa shape index (κ3) is 5.94. The highest BCUT2D eigenvalue weighted by molar-refractivity contribution is 5.79. The predicted octanol–water partition coefficient (Wildman–Crippen LogP) is 0.747. The molecule has 2 fully saturated rings. The number of guanidine groups is 1. The van der Waals surface area contributed by atoms with Crippen molar-refractivity contribution in [1.29, 1.82) is 0 Å². The van der Waals surface area contributed by atoms with Crippen LogP contribution in [-0.2, 0) is 4.74 Å². The largest absolute Gasteiger partial charge is 0.379 e. The van der Waals surface area contributed by atoms with Crippen LogP contribution in [0.1, 0.15) is 33.6 Å². The molecule has 1 saturated heterocycles. The van der Waals surface area contributed by atoms with E-state index >= 15 is 0 Å². The average Bonchev–Trinajstić information content (AvgIpc) is 3.40. The van der Waals surface area contributed by atoms with Gasteiger partial charge in [-0.25, -0.2) is 0 Å². The van der Waals surface area contributed by atoms with E-state index in [4.69, 9.17) is 4.74 Å². The van der Waals surface area contributed by atoms with Crippen LogP contribution in [0.25, 0.3) is 0 Å². The molecule has 0 unspecified atom stereocenters. The molecule has 0 aromatic heterocycles. The van der Waals surface area contributed by atoms with Gasteiger partial charge in [-0.15, -0.1) is 0 Å². The Morgan fingerprint density at radius 3 is 2.52 bits per heavy atom. The van der Waals surface area contributed by atoms with Crippen molar-refractivity contribution in [2.75, 3.05) is 59.5 Å². The molecule has 2 N–H and O–H groups in total. The molecule has 0 spiro atoms. The van der Waals surface area contributed by atoms with Crippen molar-refractivity contribution >= 4 is 5.96 Å². The Kier molecular flexibility index (Phi) is 7.11. The van der Waals surface area contributed by atoms with E-state index < -0.39 is 0 Å². The molecule has 0 atom stereocenters. The monoisotopic (exact) mass is 325 g/mol. The lowest BCUT2D eigenvalue weighted by molar-refractivity contribution is -0.00834. The van der Waals surface area contributed by atoms with Crippen molar-refractivity contribution in [1.82, 2.24) is 20.4 Å². The summed E-state index contributed by atoms with van der Waals surface area (Å²) in [4.78, 5) is 9.39. The van der Waals surface area contributed by atoms with E-state index in [1.165, 1.54) is 12.8 Å². The van der Waals surface area contributed by atoms with Crippen LogP contribution in [0.4, 0.5) is 0 Å². The van der Waals surface area contributed by atoms with Crippen LogP contribution in [0.2, 0.25) is 0 Å². The minimum absolute atomic E-state index is 0.102. The Morgan fingerprint density at radius 1 is 1.26 bits per heavy atom. The Morgan fingerprint density at radius 2 is 1.96 bits per heavy atom. The molecule has 1 heterocycles. The molecule has 0 radical (unpaired) electrons. The number of ether oxygens (including phenoxy) is 1. The number of rotatable bonds is 8. The molecule has 2 rings (SSSR count). The molecule has 6 nitrogen and oxygen atoms in total. The molecular weight excluding hydrogens is 290 g/mol. The van der Waals surface area contributed by atoms with Gasteiger partial charge in [-0.3, -0.25) is 14.8 Å². The summed E-state index contributed by atoms with van der Waals surface area (Å²) in [5.74, 6) is 0.901. The summed E-state index contributed by atoms with van der Waals surface area (Å²) in [6, 6.07) is 0.831. The standard InChI is InChI=1S/C17H35N5O/c1-5-21(15-6-7-15)9-8-19-16(18-4)20-14-17(2,3)22-10-12-23-13-11-22/h15H,5-14H2,1-4H3,(H2,18,19,20). The molecular formula is C17H35N5O. The first-order valence-corrected chi connectivity index (χ1v) is 9.08. The first kappa shape index (κ1) is 18.5. The van der Waals surface area contributed by atoms with Gasteiger partial charge in [-0.2, -0.15) is 0 Å². The van der Waals surface area contributed by atoms with E-state index in [1.54, 1.807) is 0 Å². The number of likely N-dealkylation sites (N-methyl/N-ethyl adjacent to an activating group) is 1. The van der Waals surface area contributed by atoms with Gasteiger partial charge in [0.05, 0.1) is 13.2 Å². The van der Waals surface area contributed by atoms with E-state index in [9.17, 15) is 0 Å². The van der Waals surface area contributed by atoms with Crippen LogP contribution in [0.3, 0.4) is 0 Å². The third-order valence-corrected chi connectivity index (χ3v) is 4.94. The maximum atomic E-state index is 5.45. The van der Waals surface area contributed by atoms with Gasteiger partial charge in [0.2, 0.25) is 0 Å². The van der Waals surface area contributed by atoms with E-state index in [0.29, 0.717) is 0 Å². The van der Waals surface area contributed by atoms with Gasteiger partial charge < -0.3 is 15.4 Å². The van der Waals surface area contributed by atoms with Gasteiger partial charge in [-0.05, 0) is 33.2 Å². The van der Waals surface area contributed by atoms with Crippen LogP contribution < -0.4 is 10.6 Å². The average molecular weight is 326 g/mol. The highest BCUT2D eigenvalue weighted by atomic mass is 16.5. The van der Waals surface area contributed by atoms with Crippen molar-refractivity contribution in [2.45, 2.75) is 45.2 Å². The molecule has 1 aliphatic carbocycles. The number of nitrogens with zero attached hydrogens (tertiary/aromatic N) is 3. The van der Waals surface area contributed by atoms with Gasteiger partial charge >= 0.3 is 0 Å². The summed E-state index contributed by atoms with van der Waals surface area (Å²) in [6.45, 7) is 14.6. The van der Waals surface area contributed by atoms with Gasteiger partial charge in [0.1, 0.15) is 0 Å². The minimum atomic E-state index is 0.102. The van der Waals surface area contributed by atoms with Crippen LogP contribution in [0.15, 0.2) is 4.99 Å². The molecule has 0 bridgehead atoms. The normalized spacial score (nSPS) is 20.8. The molecule has 134 valence electrons. The zero-order chi connectivity index (χ0) is 16.7. The fourth-order valence-corrected chi connectivity index (χ4v) is 3.16. The molecule has 1 saturated carbocycles.